The number of hydrogen-bond acceptors (Lipinski definition) is 7. The van der Waals surface area contributed by atoms with Gasteiger partial charge >= 0.3 is 5.97 Å². The predicted octanol–water partition coefficient (Wildman–Crippen LogP) is 4.24. The van der Waals surface area contributed by atoms with E-state index in [9.17, 15) is 4.79 Å². The van der Waals surface area contributed by atoms with Crippen LogP contribution in [0.4, 0.5) is 0 Å². The Kier molecular flexibility index (Phi) is 5.23. The highest BCUT2D eigenvalue weighted by Crippen LogP contribution is 2.29. The molecule has 2 heterocycles. The lowest BCUT2D eigenvalue weighted by atomic mass is 10.2. The van der Waals surface area contributed by atoms with E-state index in [0.717, 1.165) is 27.6 Å². The maximum atomic E-state index is 12.4. The number of carbonyl (C=O) groups is 1. The van der Waals surface area contributed by atoms with E-state index in [1.807, 2.05) is 39.0 Å². The van der Waals surface area contributed by atoms with Crippen molar-refractivity contribution in [1.82, 2.24) is 10.3 Å². The first-order valence-electron chi connectivity index (χ1n) is 7.77. The molecule has 0 saturated heterocycles. The Morgan fingerprint density at radius 1 is 1.16 bits per heavy atom. The van der Waals surface area contributed by atoms with Crippen molar-refractivity contribution < 1.29 is 18.6 Å². The van der Waals surface area contributed by atoms with Crippen molar-refractivity contribution >= 4 is 17.7 Å². The summed E-state index contributed by atoms with van der Waals surface area (Å²) < 4.78 is 15.6. The Labute approximate surface area is 149 Å². The Hall–Kier alpha value is -2.54. The standard InChI is InChI=1S/C18H18N2O4S/c1-11-8-14(24-19-11)9-22-18(21)15-6-4-5-7-17(15)25-10-16-12(2)20-23-13(16)3/h4-8H,9-10H2,1-3H3. The number of benzene rings is 1. The minimum absolute atomic E-state index is 0.0581. The van der Waals surface area contributed by atoms with Crippen LogP contribution in [0.1, 0.15) is 38.8 Å². The molecule has 130 valence electrons. The molecule has 7 heteroatoms. The molecule has 25 heavy (non-hydrogen) atoms. The van der Waals surface area contributed by atoms with Gasteiger partial charge in [0.2, 0.25) is 0 Å². The average molecular weight is 358 g/mol. The molecule has 0 bridgehead atoms. The Bertz CT molecular complexity index is 865. The van der Waals surface area contributed by atoms with Gasteiger partial charge in [0.25, 0.3) is 0 Å². The zero-order valence-corrected chi connectivity index (χ0v) is 15.1. The van der Waals surface area contributed by atoms with Crippen molar-refractivity contribution in [3.63, 3.8) is 0 Å². The van der Waals surface area contributed by atoms with Crippen molar-refractivity contribution in [3.8, 4) is 0 Å². The molecule has 0 saturated carbocycles. The normalized spacial score (nSPS) is 10.8. The lowest BCUT2D eigenvalue weighted by Gasteiger charge is -2.08. The van der Waals surface area contributed by atoms with Crippen LogP contribution in [0.5, 0.6) is 0 Å². The second-order valence-electron chi connectivity index (χ2n) is 5.60. The molecule has 6 nitrogen and oxygen atoms in total. The molecule has 0 aliphatic carbocycles. The summed E-state index contributed by atoms with van der Waals surface area (Å²) in [6, 6.07) is 9.11. The summed E-state index contributed by atoms with van der Waals surface area (Å²) in [7, 11) is 0. The molecule has 3 aromatic rings. The van der Waals surface area contributed by atoms with E-state index in [-0.39, 0.29) is 6.61 Å². The fourth-order valence-electron chi connectivity index (χ4n) is 2.32. The van der Waals surface area contributed by atoms with E-state index < -0.39 is 5.97 Å². The van der Waals surface area contributed by atoms with Crippen LogP contribution in [0.3, 0.4) is 0 Å². The zero-order valence-electron chi connectivity index (χ0n) is 14.2. The Morgan fingerprint density at radius 2 is 1.96 bits per heavy atom. The van der Waals surface area contributed by atoms with Crippen molar-refractivity contribution in [2.24, 2.45) is 0 Å². The molecule has 0 radical (unpaired) electrons. The van der Waals surface area contributed by atoms with Gasteiger partial charge in [-0.15, -0.1) is 11.8 Å². The van der Waals surface area contributed by atoms with Crippen LogP contribution in [-0.2, 0) is 17.1 Å². The summed E-state index contributed by atoms with van der Waals surface area (Å²) >= 11 is 1.55. The summed E-state index contributed by atoms with van der Waals surface area (Å²) in [5, 5.41) is 7.73. The molecule has 0 aliphatic rings. The first kappa shape index (κ1) is 17.3. The van der Waals surface area contributed by atoms with Gasteiger partial charge in [0.05, 0.1) is 17.0 Å². The third-order valence-electron chi connectivity index (χ3n) is 3.68. The molecule has 0 atom stereocenters. The quantitative estimate of drug-likeness (QED) is 0.482. The van der Waals surface area contributed by atoms with Crippen LogP contribution in [0.2, 0.25) is 0 Å². The molecule has 2 aromatic heterocycles. The summed E-state index contributed by atoms with van der Waals surface area (Å²) in [4.78, 5) is 13.3. The van der Waals surface area contributed by atoms with E-state index >= 15 is 0 Å². The molecule has 0 unspecified atom stereocenters. The lowest BCUT2D eigenvalue weighted by Crippen LogP contribution is -2.06. The highest BCUT2D eigenvalue weighted by molar-refractivity contribution is 7.98. The van der Waals surface area contributed by atoms with Crippen molar-refractivity contribution in [2.75, 3.05) is 0 Å². The van der Waals surface area contributed by atoms with Gasteiger partial charge in [0.1, 0.15) is 5.76 Å². The second kappa shape index (κ2) is 7.57. The first-order valence-corrected chi connectivity index (χ1v) is 8.76. The second-order valence-corrected chi connectivity index (χ2v) is 6.62. The number of ether oxygens (including phenoxy) is 1. The van der Waals surface area contributed by atoms with Gasteiger partial charge in [-0.05, 0) is 32.9 Å². The maximum Gasteiger partial charge on any atom is 0.339 e. The SMILES string of the molecule is Cc1cc(COC(=O)c2ccccc2SCc2c(C)noc2C)on1. The number of hydrogen-bond donors (Lipinski definition) is 0. The fraction of sp³-hybridized carbons (Fsp3) is 0.278. The summed E-state index contributed by atoms with van der Waals surface area (Å²) in [6.45, 7) is 5.67. The molecule has 0 N–H and O–H groups in total. The third kappa shape index (κ3) is 4.11. The van der Waals surface area contributed by atoms with Gasteiger partial charge in [-0.2, -0.15) is 0 Å². The highest BCUT2D eigenvalue weighted by Gasteiger charge is 2.16. The van der Waals surface area contributed by atoms with Crippen LogP contribution in [0.15, 0.2) is 44.3 Å². The van der Waals surface area contributed by atoms with E-state index in [1.54, 1.807) is 23.9 Å². The van der Waals surface area contributed by atoms with Crippen LogP contribution in [0, 0.1) is 20.8 Å². The van der Waals surface area contributed by atoms with Crippen LogP contribution >= 0.6 is 11.8 Å². The smallest absolute Gasteiger partial charge is 0.339 e. The molecule has 0 spiro atoms. The number of esters is 1. The van der Waals surface area contributed by atoms with Crippen molar-refractivity contribution in [3.05, 3.63) is 64.4 Å². The molecule has 0 fully saturated rings. The van der Waals surface area contributed by atoms with Crippen LogP contribution in [0.25, 0.3) is 0 Å². The molecule has 0 aliphatic heterocycles. The Morgan fingerprint density at radius 3 is 2.64 bits per heavy atom. The fourth-order valence-corrected chi connectivity index (χ4v) is 3.51. The third-order valence-corrected chi connectivity index (χ3v) is 4.78. The van der Waals surface area contributed by atoms with Gasteiger partial charge in [0.15, 0.2) is 12.4 Å². The number of carbonyl (C=O) groups excluding carboxylic acids is 1. The monoisotopic (exact) mass is 358 g/mol. The number of aryl methyl sites for hydroxylation is 3. The van der Waals surface area contributed by atoms with Crippen molar-refractivity contribution in [1.29, 1.82) is 0 Å². The molecular weight excluding hydrogens is 340 g/mol. The number of nitrogens with zero attached hydrogens (tertiary/aromatic N) is 2. The number of rotatable bonds is 6. The van der Waals surface area contributed by atoms with Gasteiger partial charge in [0, 0.05) is 22.3 Å². The molecule has 0 amide bonds. The van der Waals surface area contributed by atoms with Gasteiger partial charge in [-0.3, -0.25) is 0 Å². The Balaban J connectivity index is 1.68. The maximum absolute atomic E-state index is 12.4. The minimum Gasteiger partial charge on any atom is -0.454 e. The van der Waals surface area contributed by atoms with E-state index in [1.165, 1.54) is 0 Å². The summed E-state index contributed by atoms with van der Waals surface area (Å²) in [5.41, 5.74) is 3.19. The highest BCUT2D eigenvalue weighted by atomic mass is 32.2. The predicted molar refractivity (Wildman–Crippen MR) is 92.3 cm³/mol. The van der Waals surface area contributed by atoms with Gasteiger partial charge in [-0.25, -0.2) is 4.79 Å². The molecule has 1 aromatic carbocycles. The summed E-state index contributed by atoms with van der Waals surface area (Å²) in [6.07, 6.45) is 0. The minimum atomic E-state index is -0.393. The molecule has 3 rings (SSSR count). The topological polar surface area (TPSA) is 78.4 Å². The number of thioether (sulfide) groups is 1. The lowest BCUT2D eigenvalue weighted by molar-refractivity contribution is 0.0433. The first-order chi connectivity index (χ1) is 12.0. The average Bonchev–Trinajstić information content (AvgIpc) is 3.17. The van der Waals surface area contributed by atoms with Gasteiger partial charge < -0.3 is 13.8 Å². The van der Waals surface area contributed by atoms with Crippen LogP contribution in [-0.4, -0.2) is 16.3 Å². The summed E-state index contributed by atoms with van der Waals surface area (Å²) in [5.74, 6) is 1.60. The number of aromatic nitrogens is 2. The van der Waals surface area contributed by atoms with Gasteiger partial charge in [-0.1, -0.05) is 22.4 Å². The largest absolute Gasteiger partial charge is 0.454 e. The van der Waals surface area contributed by atoms with E-state index in [4.69, 9.17) is 13.8 Å². The van der Waals surface area contributed by atoms with Crippen molar-refractivity contribution in [2.45, 2.75) is 38.0 Å². The molecular formula is C18H18N2O4S. The van der Waals surface area contributed by atoms with E-state index in [2.05, 4.69) is 10.3 Å². The zero-order chi connectivity index (χ0) is 17.8. The van der Waals surface area contributed by atoms with Crippen LogP contribution < -0.4 is 0 Å². The van der Waals surface area contributed by atoms with E-state index in [0.29, 0.717) is 17.1 Å².